The summed E-state index contributed by atoms with van der Waals surface area (Å²) in [6, 6.07) is 5.30. The Morgan fingerprint density at radius 3 is 2.17 bits per heavy atom. The first-order valence-electron chi connectivity index (χ1n) is 6.78. The zero-order valence-corrected chi connectivity index (χ0v) is 13.1. The van der Waals surface area contributed by atoms with E-state index < -0.39 is 21.8 Å². The van der Waals surface area contributed by atoms with Gasteiger partial charge in [-0.3, -0.25) is 19.8 Å². The highest BCUT2D eigenvalue weighted by molar-refractivity contribution is 7.89. The minimum absolute atomic E-state index is 0.00817. The number of amides is 3. The van der Waals surface area contributed by atoms with Gasteiger partial charge in [-0.05, 0) is 37.1 Å². The molecule has 3 amide bonds. The highest BCUT2D eigenvalue weighted by atomic mass is 32.2. The fraction of sp³-hybridized carbons (Fsp3) is 0.308. The summed E-state index contributed by atoms with van der Waals surface area (Å²) >= 11 is 0. The molecule has 0 unspecified atom stereocenters. The molecule has 0 aromatic heterocycles. The van der Waals surface area contributed by atoms with Gasteiger partial charge in [-0.15, -0.1) is 4.83 Å². The quantitative estimate of drug-likeness (QED) is 0.413. The molecule has 0 saturated heterocycles. The first-order chi connectivity index (χ1) is 10.8. The molecule has 23 heavy (non-hydrogen) atoms. The lowest BCUT2D eigenvalue weighted by molar-refractivity contribution is -0.139. The van der Waals surface area contributed by atoms with E-state index in [9.17, 15) is 22.8 Å². The highest BCUT2D eigenvalue weighted by Crippen LogP contribution is 2.18. The zero-order valence-electron chi connectivity index (χ0n) is 12.3. The van der Waals surface area contributed by atoms with Crippen LogP contribution in [0.25, 0.3) is 0 Å². The summed E-state index contributed by atoms with van der Waals surface area (Å²) in [5, 5.41) is 4.93. The van der Waals surface area contributed by atoms with Gasteiger partial charge in [-0.2, -0.15) is 0 Å². The third-order valence-corrected chi connectivity index (χ3v) is 4.17. The molecule has 1 aliphatic carbocycles. The van der Waals surface area contributed by atoms with Crippen molar-refractivity contribution in [3.8, 4) is 0 Å². The van der Waals surface area contributed by atoms with E-state index in [4.69, 9.17) is 0 Å². The average Bonchev–Trinajstić information content (AvgIpc) is 3.28. The third-order valence-electron chi connectivity index (χ3n) is 2.90. The lowest BCUT2D eigenvalue weighted by Gasteiger charge is -2.09. The topological polar surface area (TPSA) is 133 Å². The monoisotopic (exact) mass is 340 g/mol. The molecule has 1 aromatic carbocycles. The van der Waals surface area contributed by atoms with Crippen LogP contribution in [0, 0.1) is 0 Å². The molecule has 124 valence electrons. The van der Waals surface area contributed by atoms with Gasteiger partial charge >= 0.3 is 11.8 Å². The Labute approximate surface area is 132 Å². The van der Waals surface area contributed by atoms with Crippen molar-refractivity contribution in [3.05, 3.63) is 24.3 Å². The highest BCUT2D eigenvalue weighted by Gasteiger charge is 2.27. The summed E-state index contributed by atoms with van der Waals surface area (Å²) in [5.41, 5.74) is 2.28. The number of hydrogen-bond acceptors (Lipinski definition) is 5. The van der Waals surface area contributed by atoms with Gasteiger partial charge in [0, 0.05) is 18.7 Å². The Balaban J connectivity index is 1.93. The number of benzene rings is 1. The van der Waals surface area contributed by atoms with Crippen LogP contribution in [-0.2, 0) is 24.4 Å². The molecular formula is C13H16N4O5S. The normalized spacial score (nSPS) is 14.0. The average molecular weight is 340 g/mol. The first kappa shape index (κ1) is 16.9. The van der Waals surface area contributed by atoms with Crippen molar-refractivity contribution in [3.63, 3.8) is 0 Å². The number of carbonyl (C=O) groups excluding carboxylic acids is 3. The smallest absolute Gasteiger partial charge is 0.324 e. The van der Waals surface area contributed by atoms with Crippen LogP contribution in [0.15, 0.2) is 29.2 Å². The number of rotatable bonds is 5. The Morgan fingerprint density at radius 2 is 1.65 bits per heavy atom. The van der Waals surface area contributed by atoms with Crippen LogP contribution in [0.3, 0.4) is 0 Å². The van der Waals surface area contributed by atoms with Crippen LogP contribution in [0.2, 0.25) is 0 Å². The van der Waals surface area contributed by atoms with Crippen molar-refractivity contribution in [2.75, 3.05) is 5.32 Å². The van der Waals surface area contributed by atoms with Crippen LogP contribution in [-0.4, -0.2) is 32.2 Å². The van der Waals surface area contributed by atoms with Crippen molar-refractivity contribution in [1.82, 2.24) is 15.6 Å². The molecule has 0 heterocycles. The van der Waals surface area contributed by atoms with Crippen molar-refractivity contribution < 1.29 is 22.8 Å². The summed E-state index contributed by atoms with van der Waals surface area (Å²) in [6.45, 7) is 1.33. The van der Waals surface area contributed by atoms with Gasteiger partial charge in [0.15, 0.2) is 0 Å². The van der Waals surface area contributed by atoms with Crippen LogP contribution in [0.1, 0.15) is 19.8 Å². The largest absolute Gasteiger partial charge is 0.345 e. The fourth-order valence-electron chi connectivity index (χ4n) is 1.63. The van der Waals surface area contributed by atoms with Gasteiger partial charge in [0.25, 0.3) is 10.0 Å². The molecule has 0 bridgehead atoms. The predicted molar refractivity (Wildman–Crippen MR) is 80.4 cm³/mol. The molecule has 2 rings (SSSR count). The Morgan fingerprint density at radius 1 is 1.04 bits per heavy atom. The molecule has 9 nitrogen and oxygen atoms in total. The second-order valence-corrected chi connectivity index (χ2v) is 6.70. The standard InChI is InChI=1S/C13H16N4O5S/c1-8(18)14-9-4-6-11(7-5-9)23(21,22)17-16-13(20)12(19)15-10-2-3-10/h4-7,10,17H,2-3H2,1H3,(H,14,18)(H,15,19)(H,16,20). The maximum atomic E-state index is 12.0. The number of anilines is 1. The molecule has 0 radical (unpaired) electrons. The van der Waals surface area contributed by atoms with Gasteiger partial charge in [-0.1, -0.05) is 0 Å². The maximum absolute atomic E-state index is 12.0. The van der Waals surface area contributed by atoms with Gasteiger partial charge in [0.05, 0.1) is 4.90 Å². The molecule has 1 aliphatic rings. The predicted octanol–water partition coefficient (Wildman–Crippen LogP) is -0.767. The lowest BCUT2D eigenvalue weighted by atomic mass is 10.3. The van der Waals surface area contributed by atoms with Gasteiger partial charge in [-0.25, -0.2) is 8.42 Å². The molecule has 0 aliphatic heterocycles. The number of hydrazine groups is 1. The molecular weight excluding hydrogens is 324 g/mol. The van der Waals surface area contributed by atoms with Crippen LogP contribution in [0.5, 0.6) is 0 Å². The second kappa shape index (κ2) is 6.75. The number of carbonyl (C=O) groups is 3. The number of sulfonamides is 1. The van der Waals surface area contributed by atoms with E-state index in [1.807, 2.05) is 10.3 Å². The van der Waals surface area contributed by atoms with E-state index in [0.717, 1.165) is 12.8 Å². The number of nitrogens with one attached hydrogen (secondary N) is 4. The Kier molecular flexibility index (Phi) is 4.96. The maximum Gasteiger partial charge on any atom is 0.324 e. The van der Waals surface area contributed by atoms with E-state index >= 15 is 0 Å². The summed E-state index contributed by atoms with van der Waals surface area (Å²) in [5.74, 6) is -2.26. The SMILES string of the molecule is CC(=O)Nc1ccc(S(=O)(=O)NNC(=O)C(=O)NC2CC2)cc1. The van der Waals surface area contributed by atoms with E-state index in [2.05, 4.69) is 10.6 Å². The Hall–Kier alpha value is -2.46. The number of hydrogen-bond donors (Lipinski definition) is 4. The molecule has 4 N–H and O–H groups in total. The van der Waals surface area contributed by atoms with Crippen LogP contribution < -0.4 is 20.9 Å². The fourth-order valence-corrected chi connectivity index (χ4v) is 2.47. The van der Waals surface area contributed by atoms with Gasteiger partial charge in [0.2, 0.25) is 5.91 Å². The van der Waals surface area contributed by atoms with Crippen molar-refractivity contribution >= 4 is 33.4 Å². The molecule has 1 aromatic rings. The van der Waals surface area contributed by atoms with E-state index in [1.165, 1.54) is 31.2 Å². The van der Waals surface area contributed by atoms with Crippen molar-refractivity contribution in [2.45, 2.75) is 30.7 Å². The molecule has 1 saturated carbocycles. The van der Waals surface area contributed by atoms with Gasteiger partial charge in [0.1, 0.15) is 0 Å². The minimum atomic E-state index is -4.02. The summed E-state index contributed by atoms with van der Waals surface area (Å²) in [4.78, 5) is 35.5. The van der Waals surface area contributed by atoms with Crippen LogP contribution >= 0.6 is 0 Å². The van der Waals surface area contributed by atoms with E-state index in [1.54, 1.807) is 0 Å². The second-order valence-electron chi connectivity index (χ2n) is 5.01. The summed E-state index contributed by atoms with van der Waals surface area (Å²) in [7, 11) is -4.02. The van der Waals surface area contributed by atoms with Crippen molar-refractivity contribution in [2.24, 2.45) is 0 Å². The summed E-state index contributed by atoms with van der Waals surface area (Å²) < 4.78 is 24.0. The third kappa shape index (κ3) is 5.04. The zero-order chi connectivity index (χ0) is 17.0. The minimum Gasteiger partial charge on any atom is -0.345 e. The summed E-state index contributed by atoms with van der Waals surface area (Å²) in [6.07, 6.45) is 1.62. The van der Waals surface area contributed by atoms with Crippen molar-refractivity contribution in [1.29, 1.82) is 0 Å². The van der Waals surface area contributed by atoms with E-state index in [0.29, 0.717) is 5.69 Å². The van der Waals surface area contributed by atoms with Gasteiger partial charge < -0.3 is 10.6 Å². The lowest BCUT2D eigenvalue weighted by Crippen LogP contribution is -2.48. The molecule has 0 spiro atoms. The molecule has 0 atom stereocenters. The molecule has 1 fully saturated rings. The first-order valence-corrected chi connectivity index (χ1v) is 8.26. The van der Waals surface area contributed by atoms with Crippen LogP contribution in [0.4, 0.5) is 5.69 Å². The van der Waals surface area contributed by atoms with E-state index in [-0.39, 0.29) is 16.8 Å². The molecule has 10 heteroatoms. The Bertz CT molecular complexity index is 725.